The van der Waals surface area contributed by atoms with Gasteiger partial charge in [-0.25, -0.2) is 0 Å². The molecule has 0 aliphatic rings. The van der Waals surface area contributed by atoms with E-state index >= 15 is 0 Å². The van der Waals surface area contributed by atoms with Crippen molar-refractivity contribution in [3.63, 3.8) is 0 Å². The first kappa shape index (κ1) is 26.9. The molecule has 1 atom stereocenters. The minimum Gasteiger partial charge on any atom is -0.476 e. The predicted octanol–water partition coefficient (Wildman–Crippen LogP) is 5.47. The molecule has 4 rings (SSSR count). The maximum absolute atomic E-state index is 12.0. The minimum atomic E-state index is -0.872. The highest BCUT2D eigenvalue weighted by Gasteiger charge is 2.20. The molecule has 0 aliphatic heterocycles. The Hall–Kier alpha value is -4.18. The number of rotatable bonds is 13. The largest absolute Gasteiger partial charge is 0.476 e. The van der Waals surface area contributed by atoms with Crippen molar-refractivity contribution in [3.8, 4) is 5.75 Å². The highest BCUT2D eigenvalue weighted by atomic mass is 32.2. The second kappa shape index (κ2) is 12.9. The van der Waals surface area contributed by atoms with Crippen molar-refractivity contribution in [1.29, 1.82) is 0 Å². The summed E-state index contributed by atoms with van der Waals surface area (Å²) in [4.78, 5) is 22.5. The van der Waals surface area contributed by atoms with Gasteiger partial charge in [0.2, 0.25) is 6.10 Å². The number of carbonyl (C=O) groups excluding carboxylic acids is 1. The number of hydrogen-bond acceptors (Lipinski definition) is 7. The lowest BCUT2D eigenvalue weighted by molar-refractivity contribution is -0.384. The van der Waals surface area contributed by atoms with Crippen molar-refractivity contribution in [3.05, 3.63) is 111 Å². The number of ether oxygens (including phenoxy) is 1. The van der Waals surface area contributed by atoms with Gasteiger partial charge in [0.15, 0.2) is 5.16 Å². The lowest BCUT2D eigenvalue weighted by Gasteiger charge is -2.17. The van der Waals surface area contributed by atoms with Crippen LogP contribution in [0, 0.1) is 10.1 Å². The van der Waals surface area contributed by atoms with Gasteiger partial charge in [-0.3, -0.25) is 14.9 Å². The molecule has 2 N–H and O–H groups in total. The van der Waals surface area contributed by atoms with Gasteiger partial charge in [-0.2, -0.15) is 0 Å². The van der Waals surface area contributed by atoms with Crippen LogP contribution in [0.3, 0.4) is 0 Å². The van der Waals surface area contributed by atoms with Crippen molar-refractivity contribution in [2.45, 2.75) is 49.7 Å². The van der Waals surface area contributed by atoms with E-state index < -0.39 is 16.9 Å². The number of aryl methyl sites for hydroxylation is 1. The van der Waals surface area contributed by atoms with Gasteiger partial charge in [-0.1, -0.05) is 79.7 Å². The van der Waals surface area contributed by atoms with Gasteiger partial charge >= 0.3 is 0 Å². The van der Waals surface area contributed by atoms with Crippen LogP contribution in [0.5, 0.6) is 5.75 Å². The zero-order valence-electron chi connectivity index (χ0n) is 21.0. The number of aromatic nitrogens is 3. The Balaban J connectivity index is 1.48. The van der Waals surface area contributed by atoms with Crippen molar-refractivity contribution < 1.29 is 14.5 Å². The fraction of sp³-hybridized carbons (Fsp3) is 0.250. The van der Waals surface area contributed by atoms with Crippen LogP contribution in [0.25, 0.3) is 0 Å². The lowest BCUT2D eigenvalue weighted by atomic mass is 10.1. The number of amides is 1. The Morgan fingerprint density at radius 3 is 2.34 bits per heavy atom. The molecule has 0 aliphatic carbocycles. The second-order valence-electron chi connectivity index (χ2n) is 8.76. The molecule has 3 aromatic carbocycles. The minimum absolute atomic E-state index is 0.0714. The predicted molar refractivity (Wildman–Crippen MR) is 146 cm³/mol. The van der Waals surface area contributed by atoms with Crippen LogP contribution in [-0.2, 0) is 23.5 Å². The average molecular weight is 532 g/mol. The molecule has 196 valence electrons. The normalized spacial score (nSPS) is 11.7. The standard InChI is InChI=1S/C28H29N5O4S/c1-2-3-9-25-30-31-28(38-19-21-10-14-23(15-11-21)33(35)36)32(25)18-20-12-16-24(17-13-20)37-26(27(29)34)22-7-5-4-6-8-22/h4-8,10-17,26H,2-3,9,18-19H2,1H3,(H2,29,34). The Kier molecular flexibility index (Phi) is 9.10. The maximum Gasteiger partial charge on any atom is 0.269 e. The molecule has 1 heterocycles. The van der Waals surface area contributed by atoms with Gasteiger partial charge in [0, 0.05) is 29.9 Å². The molecular formula is C28H29N5O4S. The number of carbonyl (C=O) groups is 1. The number of nitrogens with two attached hydrogens (primary N) is 1. The van der Waals surface area contributed by atoms with Gasteiger partial charge in [0.1, 0.15) is 11.6 Å². The van der Waals surface area contributed by atoms with Crippen LogP contribution in [0.1, 0.15) is 48.4 Å². The monoisotopic (exact) mass is 531 g/mol. The molecule has 1 aromatic heterocycles. The molecule has 0 fully saturated rings. The first-order valence-electron chi connectivity index (χ1n) is 12.3. The number of hydrogen-bond donors (Lipinski definition) is 1. The van der Waals surface area contributed by atoms with Crippen molar-refractivity contribution in [2.24, 2.45) is 5.73 Å². The summed E-state index contributed by atoms with van der Waals surface area (Å²) in [5, 5.41) is 20.6. The van der Waals surface area contributed by atoms with E-state index in [2.05, 4.69) is 21.7 Å². The second-order valence-corrected chi connectivity index (χ2v) is 9.70. The average Bonchev–Trinajstić information content (AvgIpc) is 3.31. The van der Waals surface area contributed by atoms with E-state index in [1.54, 1.807) is 23.9 Å². The zero-order chi connectivity index (χ0) is 26.9. The van der Waals surface area contributed by atoms with E-state index in [9.17, 15) is 14.9 Å². The number of nitro benzene ring substituents is 1. The number of benzene rings is 3. The fourth-order valence-corrected chi connectivity index (χ4v) is 4.79. The Bertz CT molecular complexity index is 1360. The zero-order valence-corrected chi connectivity index (χ0v) is 21.8. The third-order valence-corrected chi connectivity index (χ3v) is 6.98. The van der Waals surface area contributed by atoms with E-state index in [0.717, 1.165) is 41.4 Å². The Labute approximate surface area is 225 Å². The van der Waals surface area contributed by atoms with Crippen LogP contribution < -0.4 is 10.5 Å². The molecule has 38 heavy (non-hydrogen) atoms. The molecule has 1 amide bonds. The van der Waals surface area contributed by atoms with Crippen LogP contribution >= 0.6 is 11.8 Å². The third-order valence-electron chi connectivity index (χ3n) is 5.94. The first-order valence-corrected chi connectivity index (χ1v) is 13.3. The van der Waals surface area contributed by atoms with Crippen LogP contribution in [0.4, 0.5) is 5.69 Å². The summed E-state index contributed by atoms with van der Waals surface area (Å²) in [6, 6.07) is 23.3. The third kappa shape index (κ3) is 6.98. The van der Waals surface area contributed by atoms with Gasteiger partial charge in [0.25, 0.3) is 11.6 Å². The van der Waals surface area contributed by atoms with Crippen LogP contribution in [0.2, 0.25) is 0 Å². The molecular weight excluding hydrogens is 502 g/mol. The molecule has 1 unspecified atom stereocenters. The van der Waals surface area contributed by atoms with Crippen LogP contribution in [0.15, 0.2) is 84.0 Å². The number of non-ortho nitro benzene ring substituents is 1. The number of primary amides is 1. The first-order chi connectivity index (χ1) is 18.4. The lowest BCUT2D eigenvalue weighted by Crippen LogP contribution is -2.26. The quantitative estimate of drug-likeness (QED) is 0.138. The topological polar surface area (TPSA) is 126 Å². The fourth-order valence-electron chi connectivity index (χ4n) is 3.88. The van der Waals surface area contributed by atoms with Crippen molar-refractivity contribution >= 4 is 23.4 Å². The number of nitro groups is 1. The summed E-state index contributed by atoms with van der Waals surface area (Å²) in [6.07, 6.45) is 2.00. The summed E-state index contributed by atoms with van der Waals surface area (Å²) < 4.78 is 8.02. The molecule has 4 aromatic rings. The Morgan fingerprint density at radius 2 is 1.71 bits per heavy atom. The molecule has 9 nitrogen and oxygen atoms in total. The van der Waals surface area contributed by atoms with E-state index in [-0.39, 0.29) is 5.69 Å². The molecule has 0 spiro atoms. The summed E-state index contributed by atoms with van der Waals surface area (Å²) in [6.45, 7) is 2.71. The van der Waals surface area contributed by atoms with Gasteiger partial charge in [-0.05, 0) is 29.7 Å². The molecule has 0 bridgehead atoms. The smallest absolute Gasteiger partial charge is 0.269 e. The van der Waals surface area contributed by atoms with Gasteiger partial charge in [0.05, 0.1) is 11.5 Å². The molecule has 0 saturated carbocycles. The summed E-state index contributed by atoms with van der Waals surface area (Å²) in [5.74, 6) is 1.52. The van der Waals surface area contributed by atoms with Gasteiger partial charge < -0.3 is 15.0 Å². The summed E-state index contributed by atoms with van der Waals surface area (Å²) in [7, 11) is 0. The van der Waals surface area contributed by atoms with E-state index in [4.69, 9.17) is 10.5 Å². The molecule has 0 saturated heterocycles. The van der Waals surface area contributed by atoms with Gasteiger partial charge in [-0.15, -0.1) is 10.2 Å². The molecule has 0 radical (unpaired) electrons. The van der Waals surface area contributed by atoms with E-state index in [1.807, 2.05) is 54.6 Å². The summed E-state index contributed by atoms with van der Waals surface area (Å²) >= 11 is 1.54. The van der Waals surface area contributed by atoms with Crippen molar-refractivity contribution in [2.75, 3.05) is 0 Å². The summed E-state index contributed by atoms with van der Waals surface area (Å²) in [5.41, 5.74) is 8.35. The number of thioether (sulfide) groups is 1. The molecule has 10 heteroatoms. The maximum atomic E-state index is 12.0. The van der Waals surface area contributed by atoms with Crippen LogP contribution in [-0.4, -0.2) is 25.6 Å². The highest BCUT2D eigenvalue weighted by Crippen LogP contribution is 2.26. The van der Waals surface area contributed by atoms with E-state index in [1.165, 1.54) is 12.1 Å². The SMILES string of the molecule is CCCCc1nnc(SCc2ccc([N+](=O)[O-])cc2)n1Cc1ccc(OC(C(N)=O)c2ccccc2)cc1. The van der Waals surface area contributed by atoms with E-state index in [0.29, 0.717) is 23.6 Å². The van der Waals surface area contributed by atoms with Crippen molar-refractivity contribution in [1.82, 2.24) is 14.8 Å². The number of unbranched alkanes of at least 4 members (excludes halogenated alkanes) is 1. The highest BCUT2D eigenvalue weighted by molar-refractivity contribution is 7.98. The Morgan fingerprint density at radius 1 is 1.03 bits per heavy atom. The number of nitrogens with zero attached hydrogens (tertiary/aromatic N) is 4.